The topological polar surface area (TPSA) is 43.4 Å². The van der Waals surface area contributed by atoms with Crippen LogP contribution in [-0.2, 0) is 14.3 Å². The van der Waals surface area contributed by atoms with E-state index in [1.165, 1.54) is 12.2 Å². The van der Waals surface area contributed by atoms with E-state index in [9.17, 15) is 9.59 Å². The number of hydrogen-bond donors (Lipinski definition) is 0. The zero-order valence-corrected chi connectivity index (χ0v) is 7.74. The summed E-state index contributed by atoms with van der Waals surface area (Å²) in [6, 6.07) is 0. The van der Waals surface area contributed by atoms with Gasteiger partial charge in [-0.25, -0.2) is 4.79 Å². The van der Waals surface area contributed by atoms with Gasteiger partial charge in [0.1, 0.15) is 0 Å². The summed E-state index contributed by atoms with van der Waals surface area (Å²) in [4.78, 5) is 21.0. The van der Waals surface area contributed by atoms with E-state index in [4.69, 9.17) is 0 Å². The molecular weight excluding hydrogens is 168 g/mol. The Bertz CT molecular complexity index is 272. The SMILES string of the molecule is C=C/C=C(C(=O)OC=O)\C(C)=C/C. The van der Waals surface area contributed by atoms with E-state index in [2.05, 4.69) is 11.3 Å². The first kappa shape index (κ1) is 11.4. The fourth-order valence-corrected chi connectivity index (χ4v) is 0.741. The van der Waals surface area contributed by atoms with Crippen molar-refractivity contribution in [2.24, 2.45) is 0 Å². The molecule has 0 saturated carbocycles. The van der Waals surface area contributed by atoms with E-state index in [0.717, 1.165) is 5.57 Å². The summed E-state index contributed by atoms with van der Waals surface area (Å²) in [5.74, 6) is -0.662. The predicted molar refractivity (Wildman–Crippen MR) is 49.9 cm³/mol. The maximum Gasteiger partial charge on any atom is 0.345 e. The smallest absolute Gasteiger partial charge is 0.345 e. The summed E-state index contributed by atoms with van der Waals surface area (Å²) >= 11 is 0. The van der Waals surface area contributed by atoms with Gasteiger partial charge in [0.05, 0.1) is 5.57 Å². The Morgan fingerprint density at radius 3 is 2.46 bits per heavy atom. The Morgan fingerprint density at radius 2 is 2.08 bits per heavy atom. The van der Waals surface area contributed by atoms with Gasteiger partial charge in [-0.3, -0.25) is 4.79 Å². The highest BCUT2D eigenvalue weighted by Gasteiger charge is 2.10. The van der Waals surface area contributed by atoms with E-state index >= 15 is 0 Å². The predicted octanol–water partition coefficient (Wildman–Crippen LogP) is 1.76. The van der Waals surface area contributed by atoms with Crippen LogP contribution in [0, 0.1) is 0 Å². The first-order chi connectivity index (χ1) is 6.17. The summed E-state index contributed by atoms with van der Waals surface area (Å²) in [5.41, 5.74) is 1.08. The number of esters is 1. The Kier molecular flexibility index (Phi) is 5.19. The van der Waals surface area contributed by atoms with Gasteiger partial charge < -0.3 is 4.74 Å². The lowest BCUT2D eigenvalue weighted by Crippen LogP contribution is -2.07. The van der Waals surface area contributed by atoms with Crippen LogP contribution >= 0.6 is 0 Å². The minimum absolute atomic E-state index is 0.113. The van der Waals surface area contributed by atoms with Crippen molar-refractivity contribution in [1.82, 2.24) is 0 Å². The highest BCUT2D eigenvalue weighted by atomic mass is 16.6. The fourth-order valence-electron chi connectivity index (χ4n) is 0.741. The van der Waals surface area contributed by atoms with Gasteiger partial charge in [-0.1, -0.05) is 18.7 Å². The molecule has 0 amide bonds. The van der Waals surface area contributed by atoms with Gasteiger partial charge in [-0.05, 0) is 25.5 Å². The molecule has 0 spiro atoms. The molecule has 0 aliphatic heterocycles. The second-order valence-corrected chi connectivity index (χ2v) is 2.29. The van der Waals surface area contributed by atoms with Crippen LogP contribution in [0.25, 0.3) is 0 Å². The van der Waals surface area contributed by atoms with Crippen molar-refractivity contribution in [3.63, 3.8) is 0 Å². The first-order valence-electron chi connectivity index (χ1n) is 3.78. The van der Waals surface area contributed by atoms with E-state index < -0.39 is 5.97 Å². The summed E-state index contributed by atoms with van der Waals surface area (Å²) in [6.45, 7) is 7.12. The maximum absolute atomic E-state index is 11.1. The first-order valence-corrected chi connectivity index (χ1v) is 3.78. The number of ether oxygens (including phenoxy) is 1. The molecule has 0 aromatic rings. The molecule has 0 aromatic carbocycles. The van der Waals surface area contributed by atoms with Crippen molar-refractivity contribution in [3.05, 3.63) is 36.0 Å². The highest BCUT2D eigenvalue weighted by molar-refractivity contribution is 5.96. The zero-order chi connectivity index (χ0) is 10.3. The molecule has 0 fully saturated rings. The van der Waals surface area contributed by atoms with Gasteiger partial charge in [0.25, 0.3) is 0 Å². The van der Waals surface area contributed by atoms with Gasteiger partial charge in [-0.2, -0.15) is 0 Å². The zero-order valence-electron chi connectivity index (χ0n) is 7.74. The molecule has 70 valence electrons. The molecule has 3 nitrogen and oxygen atoms in total. The van der Waals surface area contributed by atoms with Crippen LogP contribution in [0.1, 0.15) is 13.8 Å². The van der Waals surface area contributed by atoms with Crippen molar-refractivity contribution in [1.29, 1.82) is 0 Å². The number of allylic oxidation sites excluding steroid dienone is 3. The molecule has 0 aromatic heterocycles. The van der Waals surface area contributed by atoms with Crippen molar-refractivity contribution in [2.75, 3.05) is 0 Å². The molecule has 3 heteroatoms. The van der Waals surface area contributed by atoms with E-state index in [1.54, 1.807) is 19.9 Å². The Balaban J connectivity index is 4.82. The van der Waals surface area contributed by atoms with Gasteiger partial charge in [0, 0.05) is 0 Å². The largest absolute Gasteiger partial charge is 0.392 e. The maximum atomic E-state index is 11.1. The normalized spacial score (nSPS) is 12.2. The summed E-state index contributed by atoms with van der Waals surface area (Å²) < 4.78 is 4.20. The lowest BCUT2D eigenvalue weighted by Gasteiger charge is -2.02. The molecular formula is C10H12O3. The van der Waals surface area contributed by atoms with Crippen LogP contribution in [-0.4, -0.2) is 12.4 Å². The van der Waals surface area contributed by atoms with Crippen molar-refractivity contribution >= 4 is 12.4 Å². The van der Waals surface area contributed by atoms with Gasteiger partial charge in [0.2, 0.25) is 0 Å². The van der Waals surface area contributed by atoms with Gasteiger partial charge in [-0.15, -0.1) is 0 Å². The lowest BCUT2D eigenvalue weighted by molar-refractivity contribution is -0.147. The van der Waals surface area contributed by atoms with Crippen LogP contribution in [0.4, 0.5) is 0 Å². The molecule has 0 saturated heterocycles. The van der Waals surface area contributed by atoms with Crippen LogP contribution in [0.3, 0.4) is 0 Å². The fraction of sp³-hybridized carbons (Fsp3) is 0.200. The van der Waals surface area contributed by atoms with Crippen molar-refractivity contribution < 1.29 is 14.3 Å². The molecule has 0 rings (SSSR count). The summed E-state index contributed by atoms with van der Waals surface area (Å²) in [5, 5.41) is 0. The average molecular weight is 180 g/mol. The van der Waals surface area contributed by atoms with Gasteiger partial charge in [0.15, 0.2) is 0 Å². The summed E-state index contributed by atoms with van der Waals surface area (Å²) in [6.07, 6.45) is 4.72. The Morgan fingerprint density at radius 1 is 1.46 bits per heavy atom. The molecule has 0 heterocycles. The number of rotatable bonds is 4. The highest BCUT2D eigenvalue weighted by Crippen LogP contribution is 2.10. The molecule has 0 N–H and O–H groups in total. The van der Waals surface area contributed by atoms with Crippen LogP contribution < -0.4 is 0 Å². The number of carbonyl (C=O) groups is 2. The van der Waals surface area contributed by atoms with E-state index in [0.29, 0.717) is 5.57 Å². The summed E-state index contributed by atoms with van der Waals surface area (Å²) in [7, 11) is 0. The molecule has 0 bridgehead atoms. The minimum atomic E-state index is -0.662. The second-order valence-electron chi connectivity index (χ2n) is 2.29. The van der Waals surface area contributed by atoms with Crippen molar-refractivity contribution in [3.8, 4) is 0 Å². The van der Waals surface area contributed by atoms with Crippen LogP contribution in [0.5, 0.6) is 0 Å². The van der Waals surface area contributed by atoms with Crippen molar-refractivity contribution in [2.45, 2.75) is 13.8 Å². The Labute approximate surface area is 77.4 Å². The Hall–Kier alpha value is -1.64. The van der Waals surface area contributed by atoms with E-state index in [1.807, 2.05) is 0 Å². The third kappa shape index (κ3) is 3.51. The molecule has 13 heavy (non-hydrogen) atoms. The molecule has 0 unspecified atom stereocenters. The standard InChI is InChI=1S/C10H12O3/c1-4-6-9(8(3)5-2)10(12)13-7-11/h4-7H,1H2,2-3H3/b8-5-,9-6+. The third-order valence-corrected chi connectivity index (χ3v) is 1.52. The van der Waals surface area contributed by atoms with Gasteiger partial charge >= 0.3 is 12.4 Å². The lowest BCUT2D eigenvalue weighted by atomic mass is 10.1. The number of carbonyl (C=O) groups excluding carboxylic acids is 2. The quantitative estimate of drug-likeness (QED) is 0.218. The molecule has 0 radical (unpaired) electrons. The molecule has 0 atom stereocenters. The third-order valence-electron chi connectivity index (χ3n) is 1.52. The average Bonchev–Trinajstić information content (AvgIpc) is 2.13. The number of hydrogen-bond acceptors (Lipinski definition) is 3. The van der Waals surface area contributed by atoms with Crippen LogP contribution in [0.15, 0.2) is 36.0 Å². The van der Waals surface area contributed by atoms with Crippen LogP contribution in [0.2, 0.25) is 0 Å². The molecule has 0 aliphatic carbocycles. The molecule has 0 aliphatic rings. The minimum Gasteiger partial charge on any atom is -0.392 e. The van der Waals surface area contributed by atoms with E-state index in [-0.39, 0.29) is 6.47 Å². The monoisotopic (exact) mass is 180 g/mol. The second kappa shape index (κ2) is 5.94.